The lowest BCUT2D eigenvalue weighted by atomic mass is 9.81. The van der Waals surface area contributed by atoms with Crippen molar-refractivity contribution in [2.75, 3.05) is 19.6 Å². The van der Waals surface area contributed by atoms with Crippen LogP contribution in [0.3, 0.4) is 0 Å². The van der Waals surface area contributed by atoms with Crippen LogP contribution in [0, 0.1) is 23.7 Å². The Balaban J connectivity index is 1.33. The fourth-order valence-corrected chi connectivity index (χ4v) is 5.32. The maximum absolute atomic E-state index is 12.6. The molecule has 5 fully saturated rings. The zero-order valence-electron chi connectivity index (χ0n) is 12.4. The summed E-state index contributed by atoms with van der Waals surface area (Å²) in [6.45, 7) is 1.45. The van der Waals surface area contributed by atoms with Gasteiger partial charge in [-0.15, -0.1) is 0 Å². The van der Waals surface area contributed by atoms with Gasteiger partial charge in [-0.3, -0.25) is 19.3 Å². The number of piperidine rings is 1. The van der Waals surface area contributed by atoms with E-state index < -0.39 is 0 Å². The van der Waals surface area contributed by atoms with Crippen LogP contribution < -0.4 is 0 Å². The molecule has 0 aromatic rings. The summed E-state index contributed by atoms with van der Waals surface area (Å²) in [5, 5.41) is 0. The first-order valence-electron chi connectivity index (χ1n) is 8.45. The predicted molar refractivity (Wildman–Crippen MR) is 74.4 cm³/mol. The molecule has 3 heterocycles. The number of amides is 3. The van der Waals surface area contributed by atoms with Crippen LogP contribution in [0.5, 0.6) is 0 Å². The summed E-state index contributed by atoms with van der Waals surface area (Å²) >= 11 is 0. The largest absolute Gasteiger partial charge is 0.369 e. The minimum atomic E-state index is -0.213. The Hall–Kier alpha value is -1.43. The number of rotatable bonds is 2. The van der Waals surface area contributed by atoms with Gasteiger partial charge >= 0.3 is 0 Å². The highest BCUT2D eigenvalue weighted by Gasteiger charge is 2.73. The Kier molecular flexibility index (Phi) is 2.56. The van der Waals surface area contributed by atoms with Crippen LogP contribution in [-0.2, 0) is 19.1 Å². The molecule has 0 spiro atoms. The SMILES string of the molecule is O=C(CN1C(=O)[C@@H]2[C@H]3C[C@@H]([C@@H]4O[C@@H]34)[C@@H]2C1=O)N1CCCCC1. The molecule has 3 amide bonds. The van der Waals surface area contributed by atoms with Gasteiger partial charge < -0.3 is 9.64 Å². The second kappa shape index (κ2) is 4.31. The molecule has 2 saturated carbocycles. The fraction of sp³-hybridized carbons (Fsp3) is 0.812. The highest BCUT2D eigenvalue weighted by molar-refractivity contribution is 6.08. The Morgan fingerprint density at radius 3 is 2.18 bits per heavy atom. The van der Waals surface area contributed by atoms with Gasteiger partial charge in [0, 0.05) is 24.9 Å². The van der Waals surface area contributed by atoms with E-state index in [1.54, 1.807) is 4.90 Å². The Labute approximate surface area is 128 Å². The second-order valence-electron chi connectivity index (χ2n) is 7.38. The van der Waals surface area contributed by atoms with Gasteiger partial charge in [-0.25, -0.2) is 0 Å². The van der Waals surface area contributed by atoms with Crippen LogP contribution in [0.1, 0.15) is 25.7 Å². The van der Waals surface area contributed by atoms with E-state index in [2.05, 4.69) is 0 Å². The van der Waals surface area contributed by atoms with Gasteiger partial charge in [0.15, 0.2) is 0 Å². The van der Waals surface area contributed by atoms with Crippen molar-refractivity contribution in [2.24, 2.45) is 23.7 Å². The highest BCUT2D eigenvalue weighted by atomic mass is 16.6. The lowest BCUT2D eigenvalue weighted by molar-refractivity contribution is -0.147. The minimum Gasteiger partial charge on any atom is -0.369 e. The molecule has 0 radical (unpaired) electrons. The summed E-state index contributed by atoms with van der Waals surface area (Å²) in [7, 11) is 0. The molecule has 2 aliphatic carbocycles. The summed E-state index contributed by atoms with van der Waals surface area (Å²) in [5.41, 5.74) is 0. The van der Waals surface area contributed by atoms with Gasteiger partial charge in [-0.1, -0.05) is 0 Å². The highest BCUT2D eigenvalue weighted by Crippen LogP contribution is 2.63. The van der Waals surface area contributed by atoms with E-state index in [9.17, 15) is 14.4 Å². The minimum absolute atomic E-state index is 0.0553. The van der Waals surface area contributed by atoms with E-state index in [-0.39, 0.29) is 60.1 Å². The van der Waals surface area contributed by atoms with E-state index in [1.165, 1.54) is 4.90 Å². The maximum atomic E-state index is 12.6. The zero-order valence-corrected chi connectivity index (χ0v) is 12.4. The molecule has 3 saturated heterocycles. The number of nitrogens with zero attached hydrogens (tertiary/aromatic N) is 2. The molecule has 0 N–H and O–H groups in total. The molecule has 5 rings (SSSR count). The molecular weight excluding hydrogens is 284 g/mol. The van der Waals surface area contributed by atoms with E-state index in [1.807, 2.05) is 0 Å². The monoisotopic (exact) mass is 304 g/mol. The number of ether oxygens (including phenoxy) is 1. The number of imide groups is 1. The van der Waals surface area contributed by atoms with Crippen molar-refractivity contribution >= 4 is 17.7 Å². The molecular formula is C16H20N2O4. The van der Waals surface area contributed by atoms with E-state index in [0.717, 1.165) is 38.8 Å². The fourth-order valence-electron chi connectivity index (χ4n) is 5.32. The van der Waals surface area contributed by atoms with Crippen molar-refractivity contribution < 1.29 is 19.1 Å². The lowest BCUT2D eigenvalue weighted by Gasteiger charge is -2.28. The molecule has 22 heavy (non-hydrogen) atoms. The third kappa shape index (κ3) is 1.56. The molecule has 0 unspecified atom stereocenters. The molecule has 2 bridgehead atoms. The van der Waals surface area contributed by atoms with Crippen LogP contribution in [-0.4, -0.2) is 59.4 Å². The van der Waals surface area contributed by atoms with Gasteiger partial charge in [0.25, 0.3) is 0 Å². The zero-order chi connectivity index (χ0) is 15.0. The smallest absolute Gasteiger partial charge is 0.242 e. The van der Waals surface area contributed by atoms with Gasteiger partial charge in [-0.05, 0) is 25.7 Å². The van der Waals surface area contributed by atoms with Crippen molar-refractivity contribution in [1.29, 1.82) is 0 Å². The van der Waals surface area contributed by atoms with Gasteiger partial charge in [0.1, 0.15) is 6.54 Å². The third-order valence-electron chi connectivity index (χ3n) is 6.36. The van der Waals surface area contributed by atoms with E-state index in [0.29, 0.717) is 0 Å². The van der Waals surface area contributed by atoms with Crippen LogP contribution >= 0.6 is 0 Å². The Morgan fingerprint density at radius 2 is 1.59 bits per heavy atom. The standard InChI is InChI=1S/C16H20N2O4/c19-10(17-4-2-1-3-5-17)7-18-15(20)11-8-6-9(12(11)16(18)21)14-13(8)22-14/h8-9,11-14H,1-7H2/t8-,9-,11-,12+,13+,14+/m1/s1. The quantitative estimate of drug-likeness (QED) is 0.532. The van der Waals surface area contributed by atoms with Crippen molar-refractivity contribution in [3.8, 4) is 0 Å². The van der Waals surface area contributed by atoms with Crippen LogP contribution in [0.4, 0.5) is 0 Å². The third-order valence-corrected chi connectivity index (χ3v) is 6.36. The number of likely N-dealkylation sites (tertiary alicyclic amines) is 2. The van der Waals surface area contributed by atoms with Crippen molar-refractivity contribution in [3.05, 3.63) is 0 Å². The van der Waals surface area contributed by atoms with Crippen molar-refractivity contribution in [1.82, 2.24) is 9.80 Å². The number of hydrogen-bond donors (Lipinski definition) is 0. The number of carbonyl (C=O) groups is 3. The summed E-state index contributed by atoms with van der Waals surface area (Å²) < 4.78 is 5.59. The molecule has 0 aromatic carbocycles. The van der Waals surface area contributed by atoms with Crippen molar-refractivity contribution in [2.45, 2.75) is 37.9 Å². The summed E-state index contributed by atoms with van der Waals surface area (Å²) in [6.07, 6.45) is 4.56. The topological polar surface area (TPSA) is 70.2 Å². The molecule has 5 aliphatic rings. The number of carbonyl (C=O) groups excluding carboxylic acids is 3. The van der Waals surface area contributed by atoms with Gasteiger partial charge in [0.05, 0.1) is 24.0 Å². The Morgan fingerprint density at radius 1 is 1.00 bits per heavy atom. The predicted octanol–water partition coefficient (Wildman–Crippen LogP) is 0.0172. The average Bonchev–Trinajstić information content (AvgIpc) is 3.08. The van der Waals surface area contributed by atoms with Gasteiger partial charge in [0.2, 0.25) is 17.7 Å². The summed E-state index contributed by atoms with van der Waals surface area (Å²) in [4.78, 5) is 40.7. The normalized spacial score (nSPS) is 45.3. The first kappa shape index (κ1) is 13.0. The maximum Gasteiger partial charge on any atom is 0.242 e. The summed E-state index contributed by atoms with van der Waals surface area (Å²) in [5.74, 6) is -0.317. The van der Waals surface area contributed by atoms with Crippen LogP contribution in [0.15, 0.2) is 0 Å². The average molecular weight is 304 g/mol. The molecule has 0 aromatic heterocycles. The second-order valence-corrected chi connectivity index (χ2v) is 7.38. The molecule has 6 nitrogen and oxygen atoms in total. The van der Waals surface area contributed by atoms with E-state index in [4.69, 9.17) is 4.74 Å². The molecule has 118 valence electrons. The van der Waals surface area contributed by atoms with Crippen LogP contribution in [0.2, 0.25) is 0 Å². The number of epoxide rings is 1. The number of hydrogen-bond acceptors (Lipinski definition) is 4. The lowest BCUT2D eigenvalue weighted by Crippen LogP contribution is -2.45. The first-order valence-corrected chi connectivity index (χ1v) is 8.45. The summed E-state index contributed by atoms with van der Waals surface area (Å²) in [6, 6.07) is 0. The first-order chi connectivity index (χ1) is 10.7. The van der Waals surface area contributed by atoms with Crippen LogP contribution in [0.25, 0.3) is 0 Å². The number of fused-ring (bicyclic) bond motifs is 8. The van der Waals surface area contributed by atoms with Crippen molar-refractivity contribution in [3.63, 3.8) is 0 Å². The van der Waals surface area contributed by atoms with E-state index >= 15 is 0 Å². The molecule has 6 heteroatoms. The molecule has 6 atom stereocenters. The molecule has 3 aliphatic heterocycles. The van der Waals surface area contributed by atoms with Gasteiger partial charge in [-0.2, -0.15) is 0 Å². The Bertz CT molecular complexity index is 538.